The van der Waals surface area contributed by atoms with Crippen molar-refractivity contribution < 1.29 is 9.53 Å². The van der Waals surface area contributed by atoms with Crippen molar-refractivity contribution in [3.05, 3.63) is 51.8 Å². The van der Waals surface area contributed by atoms with E-state index >= 15 is 0 Å². The Hall–Kier alpha value is -1.59. The van der Waals surface area contributed by atoms with Crippen molar-refractivity contribution in [1.29, 1.82) is 0 Å². The topological polar surface area (TPSA) is 43.3 Å². The predicted molar refractivity (Wildman–Crippen MR) is 91.8 cm³/mol. The summed E-state index contributed by atoms with van der Waals surface area (Å²) in [7, 11) is 0. The Balaban J connectivity index is 2.22. The molecule has 0 bridgehead atoms. The summed E-state index contributed by atoms with van der Waals surface area (Å²) in [5.74, 6) is -0.0611. The number of nitrogens with zero attached hydrogens (tertiary/aromatic N) is 1. The fourth-order valence-electron chi connectivity index (χ4n) is 2.48. The first kappa shape index (κ1) is 16.8. The molecule has 2 aromatic rings. The normalized spacial score (nSPS) is 10.7. The Labute approximate surface area is 139 Å². The van der Waals surface area contributed by atoms with Gasteiger partial charge in [0, 0.05) is 34.7 Å². The number of carbonyl (C=O) groups excluding carboxylic acids is 1. The van der Waals surface area contributed by atoms with Gasteiger partial charge in [0.05, 0.1) is 12.2 Å². The summed E-state index contributed by atoms with van der Waals surface area (Å²) in [5, 5.41) is 2.89. The predicted octanol–water partition coefficient (Wildman–Crippen LogP) is 3.62. The van der Waals surface area contributed by atoms with Crippen LogP contribution in [0.4, 0.5) is 0 Å². The second-order valence-electron chi connectivity index (χ2n) is 5.05. The third-order valence-electron chi connectivity index (χ3n) is 3.48. The van der Waals surface area contributed by atoms with Crippen molar-refractivity contribution in [1.82, 2.24) is 9.88 Å². The third kappa shape index (κ3) is 3.78. The number of carbonyl (C=O) groups is 1. The van der Waals surface area contributed by atoms with Gasteiger partial charge in [-0.25, -0.2) is 0 Å². The molecule has 0 fully saturated rings. The molecule has 0 saturated heterocycles. The van der Waals surface area contributed by atoms with E-state index in [4.69, 9.17) is 4.74 Å². The molecule has 0 aliphatic rings. The minimum atomic E-state index is -0.0611. The molecule has 0 spiro atoms. The van der Waals surface area contributed by atoms with Crippen LogP contribution in [-0.2, 0) is 4.74 Å². The molecule has 1 N–H and O–H groups in total. The first-order valence-electron chi connectivity index (χ1n) is 7.35. The lowest BCUT2D eigenvalue weighted by molar-refractivity contribution is 0.0922. The van der Waals surface area contributed by atoms with Crippen molar-refractivity contribution in [2.75, 3.05) is 19.8 Å². The molecule has 22 heavy (non-hydrogen) atoms. The average Bonchev–Trinajstić information content (AvgIpc) is 2.78. The Morgan fingerprint density at radius 3 is 2.77 bits per heavy atom. The summed E-state index contributed by atoms with van der Waals surface area (Å²) in [6.45, 7) is 7.62. The van der Waals surface area contributed by atoms with E-state index in [0.717, 1.165) is 21.5 Å². The Bertz CT molecular complexity index is 665. The fraction of sp³-hybridized carbons (Fsp3) is 0.353. The van der Waals surface area contributed by atoms with E-state index < -0.39 is 0 Å². The third-order valence-corrected chi connectivity index (χ3v) is 3.97. The van der Waals surface area contributed by atoms with Crippen LogP contribution >= 0.6 is 15.9 Å². The van der Waals surface area contributed by atoms with Crippen molar-refractivity contribution in [2.24, 2.45) is 0 Å². The molecule has 0 radical (unpaired) electrons. The van der Waals surface area contributed by atoms with Gasteiger partial charge in [-0.3, -0.25) is 4.79 Å². The number of rotatable bonds is 6. The lowest BCUT2D eigenvalue weighted by Gasteiger charge is -2.10. The number of ether oxygens (including phenoxy) is 1. The van der Waals surface area contributed by atoms with Gasteiger partial charge in [0.2, 0.25) is 0 Å². The zero-order valence-corrected chi connectivity index (χ0v) is 14.7. The largest absolute Gasteiger partial charge is 0.380 e. The molecule has 1 aromatic carbocycles. The van der Waals surface area contributed by atoms with E-state index in [-0.39, 0.29) is 5.91 Å². The van der Waals surface area contributed by atoms with Gasteiger partial charge >= 0.3 is 0 Å². The highest BCUT2D eigenvalue weighted by Gasteiger charge is 2.16. The summed E-state index contributed by atoms with van der Waals surface area (Å²) in [5.41, 5.74) is 3.71. The van der Waals surface area contributed by atoms with Crippen LogP contribution in [-0.4, -0.2) is 30.2 Å². The molecule has 5 heteroatoms. The highest BCUT2D eigenvalue weighted by Crippen LogP contribution is 2.23. The highest BCUT2D eigenvalue weighted by molar-refractivity contribution is 9.10. The number of aryl methyl sites for hydroxylation is 1. The van der Waals surface area contributed by atoms with Gasteiger partial charge in [-0.2, -0.15) is 0 Å². The average molecular weight is 365 g/mol. The fourth-order valence-corrected chi connectivity index (χ4v) is 2.87. The molecule has 4 nitrogen and oxygen atoms in total. The van der Waals surface area contributed by atoms with Crippen molar-refractivity contribution in [3.63, 3.8) is 0 Å². The molecule has 0 aliphatic carbocycles. The molecule has 118 valence electrons. The van der Waals surface area contributed by atoms with Crippen LogP contribution in [0.15, 0.2) is 34.8 Å². The summed E-state index contributed by atoms with van der Waals surface area (Å²) >= 11 is 3.49. The summed E-state index contributed by atoms with van der Waals surface area (Å²) < 4.78 is 8.34. The maximum absolute atomic E-state index is 12.3. The summed E-state index contributed by atoms with van der Waals surface area (Å²) in [6.07, 6.45) is 0. The highest BCUT2D eigenvalue weighted by atomic mass is 79.9. The molecule has 1 amide bonds. The standard InChI is InChI=1S/C17H21BrN2O2/c1-4-22-9-8-19-17(21)16-10-12(2)20(13(16)3)15-7-5-6-14(18)11-15/h5-7,10-11H,4,8-9H2,1-3H3,(H,19,21). The molecule has 0 saturated carbocycles. The second kappa shape index (κ2) is 7.61. The van der Waals surface area contributed by atoms with Gasteiger partial charge in [0.1, 0.15) is 0 Å². The lowest BCUT2D eigenvalue weighted by Crippen LogP contribution is -2.27. The van der Waals surface area contributed by atoms with Gasteiger partial charge in [0.15, 0.2) is 0 Å². The molecule has 1 aromatic heterocycles. The van der Waals surface area contributed by atoms with E-state index in [1.807, 2.05) is 51.1 Å². The number of amides is 1. The van der Waals surface area contributed by atoms with Crippen molar-refractivity contribution >= 4 is 21.8 Å². The van der Waals surface area contributed by atoms with Gasteiger partial charge in [-0.1, -0.05) is 22.0 Å². The van der Waals surface area contributed by atoms with Crippen LogP contribution in [0.3, 0.4) is 0 Å². The quantitative estimate of drug-likeness (QED) is 0.795. The van der Waals surface area contributed by atoms with Gasteiger partial charge in [-0.05, 0) is 45.0 Å². The van der Waals surface area contributed by atoms with E-state index in [0.29, 0.717) is 25.3 Å². The first-order chi connectivity index (χ1) is 10.5. The first-order valence-corrected chi connectivity index (χ1v) is 8.14. The zero-order valence-electron chi connectivity index (χ0n) is 13.1. The summed E-state index contributed by atoms with van der Waals surface area (Å²) in [6, 6.07) is 9.96. The maximum Gasteiger partial charge on any atom is 0.253 e. The van der Waals surface area contributed by atoms with Crippen molar-refractivity contribution in [3.8, 4) is 5.69 Å². The number of aromatic nitrogens is 1. The van der Waals surface area contributed by atoms with Crippen LogP contribution in [0.25, 0.3) is 5.69 Å². The second-order valence-corrected chi connectivity index (χ2v) is 5.97. The number of hydrogen-bond acceptors (Lipinski definition) is 2. The zero-order chi connectivity index (χ0) is 16.1. The van der Waals surface area contributed by atoms with Crippen LogP contribution in [0.2, 0.25) is 0 Å². The van der Waals surface area contributed by atoms with Gasteiger partial charge < -0.3 is 14.6 Å². The molecular weight excluding hydrogens is 344 g/mol. The monoisotopic (exact) mass is 364 g/mol. The minimum absolute atomic E-state index is 0.0611. The smallest absolute Gasteiger partial charge is 0.253 e. The molecular formula is C17H21BrN2O2. The number of hydrogen-bond donors (Lipinski definition) is 1. The molecule has 0 aliphatic heterocycles. The van der Waals surface area contributed by atoms with Crippen LogP contribution in [0.1, 0.15) is 28.7 Å². The Morgan fingerprint density at radius 1 is 1.32 bits per heavy atom. The lowest BCUT2D eigenvalue weighted by atomic mass is 10.2. The number of halogens is 1. The maximum atomic E-state index is 12.3. The van der Waals surface area contributed by atoms with Gasteiger partial charge in [0.25, 0.3) is 5.91 Å². The number of nitrogens with one attached hydrogen (secondary N) is 1. The summed E-state index contributed by atoms with van der Waals surface area (Å²) in [4.78, 5) is 12.3. The molecule has 1 heterocycles. The Kier molecular flexibility index (Phi) is 5.80. The van der Waals surface area contributed by atoms with Crippen LogP contribution in [0.5, 0.6) is 0 Å². The van der Waals surface area contributed by atoms with E-state index in [2.05, 4.69) is 25.8 Å². The Morgan fingerprint density at radius 2 is 2.09 bits per heavy atom. The minimum Gasteiger partial charge on any atom is -0.380 e. The van der Waals surface area contributed by atoms with Crippen LogP contribution < -0.4 is 5.32 Å². The number of benzene rings is 1. The van der Waals surface area contributed by atoms with E-state index in [9.17, 15) is 4.79 Å². The van der Waals surface area contributed by atoms with Crippen molar-refractivity contribution in [2.45, 2.75) is 20.8 Å². The van der Waals surface area contributed by atoms with E-state index in [1.165, 1.54) is 0 Å². The van der Waals surface area contributed by atoms with Gasteiger partial charge in [-0.15, -0.1) is 0 Å². The molecule has 0 atom stereocenters. The van der Waals surface area contributed by atoms with E-state index in [1.54, 1.807) is 0 Å². The molecule has 0 unspecified atom stereocenters. The van der Waals surface area contributed by atoms with Crippen LogP contribution in [0, 0.1) is 13.8 Å². The SMILES string of the molecule is CCOCCNC(=O)c1cc(C)n(-c2cccc(Br)c2)c1C. The molecule has 2 rings (SSSR count).